The number of halogens is 1. The molecule has 0 aliphatic carbocycles. The summed E-state index contributed by atoms with van der Waals surface area (Å²) in [6.45, 7) is 7.43. The van der Waals surface area contributed by atoms with Crippen LogP contribution in [-0.2, 0) is 0 Å². The summed E-state index contributed by atoms with van der Waals surface area (Å²) in [5.41, 5.74) is 0.945. The molecule has 1 aromatic heterocycles. The fourth-order valence-electron chi connectivity index (χ4n) is 2.10. The van der Waals surface area contributed by atoms with Crippen molar-refractivity contribution in [3.8, 4) is 0 Å². The van der Waals surface area contributed by atoms with Gasteiger partial charge in [0.2, 0.25) is 0 Å². The lowest BCUT2D eigenvalue weighted by Crippen LogP contribution is -2.24. The monoisotopic (exact) mass is 238 g/mol. The van der Waals surface area contributed by atoms with Gasteiger partial charge in [-0.05, 0) is 31.0 Å². The molecule has 0 aliphatic heterocycles. The largest absolute Gasteiger partial charge is 0.309 e. The van der Waals surface area contributed by atoms with Crippen LogP contribution in [0.2, 0.25) is 0 Å². The molecule has 0 radical (unpaired) electrons. The van der Waals surface area contributed by atoms with Crippen LogP contribution in [-0.4, -0.2) is 11.5 Å². The lowest BCUT2D eigenvalue weighted by atomic mass is 9.93. The van der Waals surface area contributed by atoms with E-state index in [1.54, 1.807) is 6.07 Å². The van der Waals surface area contributed by atoms with Gasteiger partial charge in [0.25, 0.3) is 0 Å². The van der Waals surface area contributed by atoms with E-state index in [0.717, 1.165) is 18.7 Å². The molecule has 0 fully saturated rings. The van der Waals surface area contributed by atoms with Crippen LogP contribution in [0.3, 0.4) is 0 Å². The third-order valence-corrected chi connectivity index (χ3v) is 3.28. The lowest BCUT2D eigenvalue weighted by molar-refractivity contribution is 0.370. The number of hydrogen-bond donors (Lipinski definition) is 1. The van der Waals surface area contributed by atoms with E-state index in [1.165, 1.54) is 25.1 Å². The molecule has 1 rings (SSSR count). The predicted octanol–water partition coefficient (Wildman–Crippen LogP) is 3.70. The van der Waals surface area contributed by atoms with Crippen LogP contribution in [0.5, 0.6) is 0 Å². The Morgan fingerprint density at radius 2 is 1.94 bits per heavy atom. The van der Waals surface area contributed by atoms with Crippen molar-refractivity contribution < 1.29 is 4.39 Å². The molecule has 0 aromatic carbocycles. The number of hydrogen-bond acceptors (Lipinski definition) is 2. The smallest absolute Gasteiger partial charge is 0.141 e. The summed E-state index contributed by atoms with van der Waals surface area (Å²) in [7, 11) is 0. The zero-order valence-corrected chi connectivity index (χ0v) is 11.0. The quantitative estimate of drug-likeness (QED) is 0.783. The highest BCUT2D eigenvalue weighted by atomic mass is 19.1. The summed E-state index contributed by atoms with van der Waals surface area (Å²) in [4.78, 5) is 4.18. The second-order valence-electron chi connectivity index (χ2n) is 4.43. The molecule has 1 aromatic rings. The summed E-state index contributed by atoms with van der Waals surface area (Å²) in [5.74, 6) is 0.428. The van der Waals surface area contributed by atoms with Crippen molar-refractivity contribution in [1.29, 1.82) is 0 Å². The van der Waals surface area contributed by atoms with E-state index in [4.69, 9.17) is 0 Å². The maximum atomic E-state index is 12.8. The van der Waals surface area contributed by atoms with Crippen molar-refractivity contribution in [2.45, 2.75) is 46.1 Å². The zero-order chi connectivity index (χ0) is 12.7. The Morgan fingerprint density at radius 1 is 1.24 bits per heavy atom. The van der Waals surface area contributed by atoms with Crippen molar-refractivity contribution in [2.75, 3.05) is 6.54 Å². The molecule has 0 amide bonds. The summed E-state index contributed by atoms with van der Waals surface area (Å²) >= 11 is 0. The van der Waals surface area contributed by atoms with Crippen LogP contribution in [0.1, 0.15) is 51.8 Å². The summed E-state index contributed by atoms with van der Waals surface area (Å²) in [5, 5.41) is 3.43. The van der Waals surface area contributed by atoms with Crippen molar-refractivity contribution >= 4 is 0 Å². The number of rotatable bonds is 7. The van der Waals surface area contributed by atoms with E-state index in [9.17, 15) is 4.39 Å². The summed E-state index contributed by atoms with van der Waals surface area (Å²) in [6, 6.07) is 3.51. The highest BCUT2D eigenvalue weighted by molar-refractivity contribution is 5.10. The van der Waals surface area contributed by atoms with Crippen molar-refractivity contribution in [3.05, 3.63) is 29.8 Å². The Balaban J connectivity index is 2.73. The minimum Gasteiger partial charge on any atom is -0.309 e. The van der Waals surface area contributed by atoms with Gasteiger partial charge >= 0.3 is 0 Å². The van der Waals surface area contributed by atoms with Gasteiger partial charge < -0.3 is 5.32 Å². The van der Waals surface area contributed by atoms with Gasteiger partial charge in [-0.2, -0.15) is 0 Å². The van der Waals surface area contributed by atoms with E-state index in [0.29, 0.717) is 5.92 Å². The molecule has 17 heavy (non-hydrogen) atoms. The standard InChI is InChI=1S/C14H23FN2/c1-4-11(5-2)9-14(16-6-3)13-8-7-12(15)10-17-13/h7-8,10-11,14,16H,4-6,9H2,1-3H3. The van der Waals surface area contributed by atoms with Crippen molar-refractivity contribution in [3.63, 3.8) is 0 Å². The topological polar surface area (TPSA) is 24.9 Å². The fourth-order valence-corrected chi connectivity index (χ4v) is 2.10. The zero-order valence-electron chi connectivity index (χ0n) is 11.0. The van der Waals surface area contributed by atoms with Crippen LogP contribution in [0, 0.1) is 11.7 Å². The molecule has 0 saturated heterocycles. The minimum atomic E-state index is -0.272. The predicted molar refractivity (Wildman–Crippen MR) is 69.3 cm³/mol. The third kappa shape index (κ3) is 4.43. The summed E-state index contributed by atoms with van der Waals surface area (Å²) in [6.07, 6.45) is 4.73. The van der Waals surface area contributed by atoms with Crippen LogP contribution < -0.4 is 5.32 Å². The van der Waals surface area contributed by atoms with Gasteiger partial charge in [-0.25, -0.2) is 4.39 Å². The molecule has 96 valence electrons. The highest BCUT2D eigenvalue weighted by Gasteiger charge is 2.16. The molecular formula is C14H23FN2. The van der Waals surface area contributed by atoms with E-state index < -0.39 is 0 Å². The van der Waals surface area contributed by atoms with E-state index in [2.05, 4.69) is 31.1 Å². The van der Waals surface area contributed by atoms with Crippen molar-refractivity contribution in [2.24, 2.45) is 5.92 Å². The number of nitrogens with zero attached hydrogens (tertiary/aromatic N) is 1. The first-order chi connectivity index (χ1) is 8.21. The first-order valence-electron chi connectivity index (χ1n) is 6.56. The Morgan fingerprint density at radius 3 is 2.41 bits per heavy atom. The molecule has 1 heterocycles. The van der Waals surface area contributed by atoms with E-state index in [-0.39, 0.29) is 11.9 Å². The van der Waals surface area contributed by atoms with Crippen LogP contribution in [0.25, 0.3) is 0 Å². The van der Waals surface area contributed by atoms with Crippen LogP contribution in [0.4, 0.5) is 4.39 Å². The summed E-state index contributed by atoms with van der Waals surface area (Å²) < 4.78 is 12.8. The Labute approximate surface area is 104 Å². The highest BCUT2D eigenvalue weighted by Crippen LogP contribution is 2.24. The van der Waals surface area contributed by atoms with Gasteiger partial charge in [0, 0.05) is 6.04 Å². The second kappa shape index (κ2) is 7.38. The molecule has 3 heteroatoms. The molecule has 1 unspecified atom stereocenters. The van der Waals surface area contributed by atoms with Gasteiger partial charge in [-0.1, -0.05) is 33.6 Å². The number of pyridine rings is 1. The lowest BCUT2D eigenvalue weighted by Gasteiger charge is -2.22. The Kier molecular flexibility index (Phi) is 6.12. The van der Waals surface area contributed by atoms with Gasteiger partial charge in [0.1, 0.15) is 5.82 Å². The maximum Gasteiger partial charge on any atom is 0.141 e. The molecule has 1 atom stereocenters. The fraction of sp³-hybridized carbons (Fsp3) is 0.643. The normalized spacial score (nSPS) is 13.0. The molecule has 2 nitrogen and oxygen atoms in total. The minimum absolute atomic E-state index is 0.241. The molecule has 0 saturated carbocycles. The van der Waals surface area contributed by atoms with E-state index in [1.807, 2.05) is 0 Å². The maximum absolute atomic E-state index is 12.8. The number of aromatic nitrogens is 1. The molecule has 0 aliphatic rings. The van der Waals surface area contributed by atoms with Crippen molar-refractivity contribution in [1.82, 2.24) is 10.3 Å². The first-order valence-corrected chi connectivity index (χ1v) is 6.56. The first kappa shape index (κ1) is 14.1. The van der Waals surface area contributed by atoms with E-state index >= 15 is 0 Å². The van der Waals surface area contributed by atoms with Gasteiger partial charge in [-0.15, -0.1) is 0 Å². The van der Waals surface area contributed by atoms with Gasteiger partial charge in [0.15, 0.2) is 0 Å². The SMILES string of the molecule is CCNC(CC(CC)CC)c1ccc(F)cn1. The number of nitrogens with one attached hydrogen (secondary N) is 1. The van der Waals surface area contributed by atoms with Gasteiger partial charge in [0.05, 0.1) is 11.9 Å². The van der Waals surface area contributed by atoms with Crippen LogP contribution >= 0.6 is 0 Å². The Hall–Kier alpha value is -0.960. The molecular weight excluding hydrogens is 215 g/mol. The molecule has 0 bridgehead atoms. The second-order valence-corrected chi connectivity index (χ2v) is 4.43. The Bertz CT molecular complexity index is 307. The average Bonchev–Trinajstić information content (AvgIpc) is 2.35. The molecule has 1 N–H and O–H groups in total. The van der Waals surface area contributed by atoms with Crippen LogP contribution in [0.15, 0.2) is 18.3 Å². The molecule has 0 spiro atoms. The van der Waals surface area contributed by atoms with Gasteiger partial charge in [-0.3, -0.25) is 4.98 Å². The third-order valence-electron chi connectivity index (χ3n) is 3.28. The average molecular weight is 238 g/mol.